The van der Waals surface area contributed by atoms with Gasteiger partial charge >= 0.3 is 0 Å². The third kappa shape index (κ3) is 17.9. The van der Waals surface area contributed by atoms with Gasteiger partial charge in [0.05, 0.1) is 0 Å². The fourth-order valence-electron chi connectivity index (χ4n) is 3.10. The zero-order chi connectivity index (χ0) is 15.6. The van der Waals surface area contributed by atoms with Gasteiger partial charge in [-0.15, -0.1) is 0 Å². The molecule has 0 aliphatic heterocycles. The van der Waals surface area contributed by atoms with E-state index < -0.39 is 0 Å². The summed E-state index contributed by atoms with van der Waals surface area (Å²) in [5.74, 6) is 0.945. The van der Waals surface area contributed by atoms with Crippen LogP contribution >= 0.6 is 0 Å². The van der Waals surface area contributed by atoms with Crippen LogP contribution in [0.3, 0.4) is 0 Å². The first-order valence-corrected chi connectivity index (χ1v) is 9.95. The fourth-order valence-corrected chi connectivity index (χ4v) is 3.10. The summed E-state index contributed by atoms with van der Waals surface area (Å²) < 4.78 is 0. The first kappa shape index (κ1) is 21.0. The number of rotatable bonds is 17. The van der Waals surface area contributed by atoms with Gasteiger partial charge in [0, 0.05) is 0 Å². The summed E-state index contributed by atoms with van der Waals surface area (Å²) in [6, 6.07) is 0. The van der Waals surface area contributed by atoms with E-state index in [9.17, 15) is 0 Å². The van der Waals surface area contributed by atoms with Crippen LogP contribution in [-0.2, 0) is 0 Å². The average Bonchev–Trinajstić information content (AvgIpc) is 2.49. The van der Waals surface area contributed by atoms with Crippen LogP contribution in [0.4, 0.5) is 0 Å². The van der Waals surface area contributed by atoms with Crippen LogP contribution in [0.25, 0.3) is 0 Å². The molecule has 21 heavy (non-hydrogen) atoms. The molecule has 128 valence electrons. The summed E-state index contributed by atoms with van der Waals surface area (Å²) in [7, 11) is 2.05. The topological polar surface area (TPSA) is 12.0 Å². The van der Waals surface area contributed by atoms with Crippen LogP contribution in [0.5, 0.6) is 0 Å². The van der Waals surface area contributed by atoms with Crippen LogP contribution in [0, 0.1) is 5.92 Å². The Morgan fingerprint density at radius 3 is 1.52 bits per heavy atom. The minimum Gasteiger partial charge on any atom is -0.320 e. The first-order valence-electron chi connectivity index (χ1n) is 9.95. The van der Waals surface area contributed by atoms with E-state index in [2.05, 4.69) is 26.2 Å². The van der Waals surface area contributed by atoms with Gasteiger partial charge in [-0.1, -0.05) is 104 Å². The van der Waals surface area contributed by atoms with Crippen molar-refractivity contribution >= 4 is 0 Å². The SMILES string of the molecule is CCCCCCCCCCCCCC(C)CCCCNC. The molecule has 0 aliphatic carbocycles. The van der Waals surface area contributed by atoms with Crippen LogP contribution < -0.4 is 5.32 Å². The first-order chi connectivity index (χ1) is 10.3. The van der Waals surface area contributed by atoms with E-state index in [1.54, 1.807) is 0 Å². The highest BCUT2D eigenvalue weighted by molar-refractivity contribution is 4.56. The molecule has 0 rings (SSSR count). The van der Waals surface area contributed by atoms with Gasteiger partial charge in [0.25, 0.3) is 0 Å². The van der Waals surface area contributed by atoms with Crippen LogP contribution in [0.15, 0.2) is 0 Å². The van der Waals surface area contributed by atoms with Gasteiger partial charge < -0.3 is 5.32 Å². The Morgan fingerprint density at radius 1 is 0.619 bits per heavy atom. The minimum absolute atomic E-state index is 0.945. The normalized spacial score (nSPS) is 12.7. The van der Waals surface area contributed by atoms with Crippen molar-refractivity contribution in [3.8, 4) is 0 Å². The molecule has 0 saturated carbocycles. The molecule has 0 aliphatic rings. The van der Waals surface area contributed by atoms with E-state index >= 15 is 0 Å². The zero-order valence-electron chi connectivity index (χ0n) is 15.4. The van der Waals surface area contributed by atoms with Gasteiger partial charge in [0.2, 0.25) is 0 Å². The Balaban J connectivity index is 3.07. The highest BCUT2D eigenvalue weighted by atomic mass is 14.8. The molecular weight excluding hydrogens is 254 g/mol. The molecule has 1 N–H and O–H groups in total. The lowest BCUT2D eigenvalue weighted by atomic mass is 9.96. The van der Waals surface area contributed by atoms with Gasteiger partial charge in [0.1, 0.15) is 0 Å². The monoisotopic (exact) mass is 297 g/mol. The summed E-state index contributed by atoms with van der Waals surface area (Å²) in [4.78, 5) is 0. The quantitative estimate of drug-likeness (QED) is 0.294. The Kier molecular flexibility index (Phi) is 18.0. The Morgan fingerprint density at radius 2 is 1.05 bits per heavy atom. The van der Waals surface area contributed by atoms with Crippen LogP contribution in [-0.4, -0.2) is 13.6 Å². The molecule has 0 aromatic carbocycles. The molecule has 1 unspecified atom stereocenters. The van der Waals surface area contributed by atoms with Crippen molar-refractivity contribution in [3.05, 3.63) is 0 Å². The lowest BCUT2D eigenvalue weighted by molar-refractivity contribution is 0.435. The van der Waals surface area contributed by atoms with Gasteiger partial charge in [-0.25, -0.2) is 0 Å². The molecule has 0 heterocycles. The molecule has 0 fully saturated rings. The van der Waals surface area contributed by atoms with Crippen molar-refractivity contribution < 1.29 is 0 Å². The molecule has 0 radical (unpaired) electrons. The summed E-state index contributed by atoms with van der Waals surface area (Å²) in [5.41, 5.74) is 0. The van der Waals surface area contributed by atoms with Crippen molar-refractivity contribution in [3.63, 3.8) is 0 Å². The molecule has 1 atom stereocenters. The minimum atomic E-state index is 0.945. The maximum atomic E-state index is 3.23. The van der Waals surface area contributed by atoms with E-state index in [4.69, 9.17) is 0 Å². The number of nitrogens with one attached hydrogen (secondary N) is 1. The van der Waals surface area contributed by atoms with Crippen LogP contribution in [0.2, 0.25) is 0 Å². The third-order valence-corrected chi connectivity index (χ3v) is 4.67. The second kappa shape index (κ2) is 18.0. The molecule has 0 bridgehead atoms. The van der Waals surface area contributed by atoms with E-state index in [1.807, 2.05) is 0 Å². The van der Waals surface area contributed by atoms with Gasteiger partial charge in [0.15, 0.2) is 0 Å². The van der Waals surface area contributed by atoms with E-state index in [1.165, 1.54) is 103 Å². The number of hydrogen-bond donors (Lipinski definition) is 1. The average molecular weight is 298 g/mol. The lowest BCUT2D eigenvalue weighted by Gasteiger charge is -2.10. The maximum absolute atomic E-state index is 3.23. The lowest BCUT2D eigenvalue weighted by Crippen LogP contribution is -2.07. The largest absolute Gasteiger partial charge is 0.320 e. The van der Waals surface area contributed by atoms with Gasteiger partial charge in [-0.05, 0) is 25.9 Å². The van der Waals surface area contributed by atoms with E-state index in [0.717, 1.165) is 5.92 Å². The predicted molar refractivity (Wildman–Crippen MR) is 98.0 cm³/mol. The van der Waals surface area contributed by atoms with Crippen molar-refractivity contribution in [2.45, 2.75) is 110 Å². The van der Waals surface area contributed by atoms with Gasteiger partial charge in [-0.2, -0.15) is 0 Å². The molecular formula is C20H43N. The molecule has 0 aromatic heterocycles. The third-order valence-electron chi connectivity index (χ3n) is 4.67. The summed E-state index contributed by atoms with van der Waals surface area (Å²) in [5, 5.41) is 3.23. The molecule has 0 spiro atoms. The Bertz CT molecular complexity index is 179. The van der Waals surface area contributed by atoms with Crippen molar-refractivity contribution in [1.29, 1.82) is 0 Å². The Hall–Kier alpha value is -0.0400. The second-order valence-corrected chi connectivity index (χ2v) is 7.03. The van der Waals surface area contributed by atoms with Crippen molar-refractivity contribution in [1.82, 2.24) is 5.32 Å². The van der Waals surface area contributed by atoms with Crippen molar-refractivity contribution in [2.24, 2.45) is 5.92 Å². The maximum Gasteiger partial charge on any atom is -0.00519 e. The zero-order valence-corrected chi connectivity index (χ0v) is 15.4. The number of unbranched alkanes of at least 4 members (excludes halogenated alkanes) is 11. The van der Waals surface area contributed by atoms with Crippen molar-refractivity contribution in [2.75, 3.05) is 13.6 Å². The molecule has 1 heteroatoms. The molecule has 0 saturated heterocycles. The number of hydrogen-bond acceptors (Lipinski definition) is 1. The van der Waals surface area contributed by atoms with Gasteiger partial charge in [-0.3, -0.25) is 0 Å². The summed E-state index contributed by atoms with van der Waals surface area (Å²) >= 11 is 0. The highest BCUT2D eigenvalue weighted by Gasteiger charge is 2.01. The van der Waals surface area contributed by atoms with E-state index in [-0.39, 0.29) is 0 Å². The summed E-state index contributed by atoms with van der Waals surface area (Å²) in [6.45, 7) is 5.92. The standard InChI is InChI=1S/C20H43N/c1-4-5-6-7-8-9-10-11-12-13-14-17-20(2)18-15-16-19-21-3/h20-21H,4-19H2,1-3H3. The smallest absolute Gasteiger partial charge is 0.00519 e. The fraction of sp³-hybridized carbons (Fsp3) is 1.00. The molecule has 0 aromatic rings. The second-order valence-electron chi connectivity index (χ2n) is 7.03. The highest BCUT2D eigenvalue weighted by Crippen LogP contribution is 2.17. The van der Waals surface area contributed by atoms with E-state index in [0.29, 0.717) is 0 Å². The predicted octanol–water partition coefficient (Wildman–Crippen LogP) is 6.71. The Labute approximate surface area is 135 Å². The summed E-state index contributed by atoms with van der Waals surface area (Å²) in [6.07, 6.45) is 21.7. The molecule has 1 nitrogen and oxygen atoms in total. The van der Waals surface area contributed by atoms with Crippen LogP contribution in [0.1, 0.15) is 110 Å². The molecule has 0 amide bonds.